The molecule has 3 N–H and O–H groups in total. The van der Waals surface area contributed by atoms with Gasteiger partial charge in [-0.1, -0.05) is 6.92 Å². The van der Waals surface area contributed by atoms with Crippen molar-refractivity contribution in [3.05, 3.63) is 0 Å². The number of nitrogens with one attached hydrogen (secondary N) is 1. The third kappa shape index (κ3) is 5.89. The van der Waals surface area contributed by atoms with E-state index in [1.807, 2.05) is 7.05 Å². The number of amides is 1. The predicted molar refractivity (Wildman–Crippen MR) is 76.9 cm³/mol. The summed E-state index contributed by atoms with van der Waals surface area (Å²) in [7, 11) is 3.72. The van der Waals surface area contributed by atoms with Crippen LogP contribution in [-0.2, 0) is 9.53 Å². The Kier molecular flexibility index (Phi) is 7.34. The monoisotopic (exact) mass is 271 g/mol. The molecule has 0 aliphatic heterocycles. The fraction of sp³-hybridized carbons (Fsp3) is 0.929. The van der Waals surface area contributed by atoms with Crippen LogP contribution in [0.1, 0.15) is 26.2 Å². The highest BCUT2D eigenvalue weighted by Crippen LogP contribution is 2.27. The summed E-state index contributed by atoms with van der Waals surface area (Å²) in [5, 5.41) is 3.01. The first kappa shape index (κ1) is 16.4. The molecule has 19 heavy (non-hydrogen) atoms. The predicted octanol–water partition coefficient (Wildman–Crippen LogP) is 0.444. The lowest BCUT2D eigenvalue weighted by Gasteiger charge is -2.31. The van der Waals surface area contributed by atoms with Gasteiger partial charge < -0.3 is 20.7 Å². The number of rotatable bonds is 7. The Bertz CT molecular complexity index is 273. The summed E-state index contributed by atoms with van der Waals surface area (Å²) in [5.41, 5.74) is 6.05. The molecule has 5 nitrogen and oxygen atoms in total. The zero-order valence-corrected chi connectivity index (χ0v) is 12.5. The first-order valence-electron chi connectivity index (χ1n) is 7.25. The Hall–Kier alpha value is -0.650. The Morgan fingerprint density at radius 2 is 2.16 bits per heavy atom. The minimum absolute atomic E-state index is 0.00645. The first-order valence-corrected chi connectivity index (χ1v) is 7.25. The largest absolute Gasteiger partial charge is 0.383 e. The van der Waals surface area contributed by atoms with Crippen molar-refractivity contribution in [2.24, 2.45) is 17.6 Å². The maximum absolute atomic E-state index is 12.1. The van der Waals surface area contributed by atoms with E-state index in [1.165, 1.54) is 0 Å². The number of carbonyl (C=O) groups excluding carboxylic acids is 1. The Morgan fingerprint density at radius 3 is 2.84 bits per heavy atom. The van der Waals surface area contributed by atoms with Crippen molar-refractivity contribution < 1.29 is 9.53 Å². The van der Waals surface area contributed by atoms with Crippen LogP contribution in [0, 0.1) is 11.8 Å². The molecule has 0 spiro atoms. The first-order chi connectivity index (χ1) is 9.04. The van der Waals surface area contributed by atoms with Gasteiger partial charge in [0.05, 0.1) is 12.5 Å². The minimum Gasteiger partial charge on any atom is -0.383 e. The molecule has 3 unspecified atom stereocenters. The molecule has 0 heterocycles. The van der Waals surface area contributed by atoms with E-state index in [-0.39, 0.29) is 17.9 Å². The summed E-state index contributed by atoms with van der Waals surface area (Å²) in [6.45, 7) is 5.32. The highest BCUT2D eigenvalue weighted by Gasteiger charge is 2.31. The van der Waals surface area contributed by atoms with Gasteiger partial charge in [0.1, 0.15) is 0 Å². The number of nitrogens with zero attached hydrogens (tertiary/aromatic N) is 1. The van der Waals surface area contributed by atoms with E-state index in [2.05, 4.69) is 17.1 Å². The molecule has 1 amide bonds. The summed E-state index contributed by atoms with van der Waals surface area (Å²) in [6.07, 6.45) is 3.03. The molecule has 1 fully saturated rings. The summed E-state index contributed by atoms with van der Waals surface area (Å²) in [5.74, 6) is 0.729. The molecule has 3 atom stereocenters. The van der Waals surface area contributed by atoms with Crippen LogP contribution < -0.4 is 11.1 Å². The lowest BCUT2D eigenvalue weighted by molar-refractivity contribution is -0.127. The van der Waals surface area contributed by atoms with Crippen LogP contribution in [0.4, 0.5) is 0 Å². The van der Waals surface area contributed by atoms with Gasteiger partial charge in [-0.3, -0.25) is 4.79 Å². The normalized spacial score (nSPS) is 27.5. The van der Waals surface area contributed by atoms with E-state index in [9.17, 15) is 4.79 Å². The second-order valence-corrected chi connectivity index (χ2v) is 5.78. The van der Waals surface area contributed by atoms with E-state index in [0.717, 1.165) is 39.0 Å². The van der Waals surface area contributed by atoms with Crippen molar-refractivity contribution in [2.45, 2.75) is 32.2 Å². The zero-order valence-electron chi connectivity index (χ0n) is 12.5. The molecule has 0 saturated heterocycles. The molecule has 5 heteroatoms. The zero-order chi connectivity index (χ0) is 14.3. The van der Waals surface area contributed by atoms with E-state index >= 15 is 0 Å². The number of ether oxygens (including phenoxy) is 1. The molecule has 0 aromatic rings. The van der Waals surface area contributed by atoms with Crippen LogP contribution in [0.5, 0.6) is 0 Å². The average Bonchev–Trinajstić information content (AvgIpc) is 2.39. The highest BCUT2D eigenvalue weighted by molar-refractivity contribution is 5.79. The second-order valence-electron chi connectivity index (χ2n) is 5.78. The summed E-state index contributed by atoms with van der Waals surface area (Å²) >= 11 is 0. The molecule has 1 rings (SSSR count). The second kappa shape index (κ2) is 8.51. The van der Waals surface area contributed by atoms with Crippen LogP contribution in [0.3, 0.4) is 0 Å². The third-order valence-corrected chi connectivity index (χ3v) is 3.97. The van der Waals surface area contributed by atoms with Crippen molar-refractivity contribution >= 4 is 5.91 Å². The molecule has 112 valence electrons. The van der Waals surface area contributed by atoms with Gasteiger partial charge in [0.25, 0.3) is 0 Å². The quantitative estimate of drug-likeness (QED) is 0.705. The maximum Gasteiger partial charge on any atom is 0.224 e. The van der Waals surface area contributed by atoms with E-state index < -0.39 is 0 Å². The van der Waals surface area contributed by atoms with Crippen molar-refractivity contribution in [3.8, 4) is 0 Å². The van der Waals surface area contributed by atoms with Gasteiger partial charge in [-0.05, 0) is 32.2 Å². The molecule has 1 aliphatic carbocycles. The molecule has 1 aliphatic rings. The number of likely N-dealkylation sites (N-methyl/N-ethyl adjacent to an activating group) is 1. The van der Waals surface area contributed by atoms with Crippen LogP contribution in [-0.4, -0.2) is 57.2 Å². The van der Waals surface area contributed by atoms with Crippen LogP contribution in [0.15, 0.2) is 0 Å². The van der Waals surface area contributed by atoms with Crippen LogP contribution in [0.2, 0.25) is 0 Å². The topological polar surface area (TPSA) is 67.6 Å². The lowest BCUT2D eigenvalue weighted by Crippen LogP contribution is -2.46. The van der Waals surface area contributed by atoms with Gasteiger partial charge in [0.2, 0.25) is 5.91 Å². The smallest absolute Gasteiger partial charge is 0.224 e. The molecular weight excluding hydrogens is 242 g/mol. The van der Waals surface area contributed by atoms with E-state index in [1.54, 1.807) is 7.11 Å². The summed E-state index contributed by atoms with van der Waals surface area (Å²) < 4.78 is 5.02. The standard InChI is InChI=1S/C14H29N3O2/c1-11-4-5-13(15)12(10-11)14(18)16-6-7-17(2)8-9-19-3/h11-13H,4-10,15H2,1-3H3,(H,16,18). The minimum atomic E-state index is -0.00645. The molecule has 0 radical (unpaired) electrons. The fourth-order valence-electron chi connectivity index (χ4n) is 2.57. The number of carbonyl (C=O) groups is 1. The highest BCUT2D eigenvalue weighted by atomic mass is 16.5. The van der Waals surface area contributed by atoms with Gasteiger partial charge in [-0.2, -0.15) is 0 Å². The van der Waals surface area contributed by atoms with E-state index in [4.69, 9.17) is 10.5 Å². The molecular formula is C14H29N3O2. The van der Waals surface area contributed by atoms with Crippen LogP contribution in [0.25, 0.3) is 0 Å². The van der Waals surface area contributed by atoms with Crippen molar-refractivity contribution in [2.75, 3.05) is 40.4 Å². The van der Waals surface area contributed by atoms with Gasteiger partial charge in [-0.15, -0.1) is 0 Å². The van der Waals surface area contributed by atoms with E-state index in [0.29, 0.717) is 12.5 Å². The Morgan fingerprint density at radius 1 is 1.42 bits per heavy atom. The third-order valence-electron chi connectivity index (χ3n) is 3.97. The Labute approximate surface area is 116 Å². The number of methoxy groups -OCH3 is 1. The number of hydrogen-bond donors (Lipinski definition) is 2. The SMILES string of the molecule is COCCN(C)CCNC(=O)C1CC(C)CCC1N. The van der Waals surface area contributed by atoms with Gasteiger partial charge in [0.15, 0.2) is 0 Å². The van der Waals surface area contributed by atoms with Crippen molar-refractivity contribution in [1.29, 1.82) is 0 Å². The molecule has 1 saturated carbocycles. The summed E-state index contributed by atoms with van der Waals surface area (Å²) in [6, 6.07) is 0.0300. The average molecular weight is 271 g/mol. The fourth-order valence-corrected chi connectivity index (χ4v) is 2.57. The number of nitrogens with two attached hydrogens (primary N) is 1. The van der Waals surface area contributed by atoms with Gasteiger partial charge in [0, 0.05) is 32.8 Å². The van der Waals surface area contributed by atoms with Gasteiger partial charge >= 0.3 is 0 Å². The summed E-state index contributed by atoms with van der Waals surface area (Å²) in [4.78, 5) is 14.3. The van der Waals surface area contributed by atoms with Crippen LogP contribution >= 0.6 is 0 Å². The maximum atomic E-state index is 12.1. The van der Waals surface area contributed by atoms with Crippen molar-refractivity contribution in [1.82, 2.24) is 10.2 Å². The lowest BCUT2D eigenvalue weighted by atomic mass is 9.79. The van der Waals surface area contributed by atoms with Gasteiger partial charge in [-0.25, -0.2) is 0 Å². The van der Waals surface area contributed by atoms with Crippen molar-refractivity contribution in [3.63, 3.8) is 0 Å². The molecule has 0 aromatic heterocycles. The molecule has 0 aromatic carbocycles. The molecule has 0 bridgehead atoms. The number of hydrogen-bond acceptors (Lipinski definition) is 4. The Balaban J connectivity index is 2.23.